The standard InChI is InChI=1S/C12H17N/c1-4-11-9(3)10-7-8(2)5-6-12(10)13-11/h5-7,9,11,13H,4H2,1-3H3/t9-,11+/m1/s1. The lowest BCUT2D eigenvalue weighted by atomic mass is 9.95. The van der Waals surface area contributed by atoms with E-state index in [0.717, 1.165) is 0 Å². The molecule has 0 spiro atoms. The molecule has 1 heterocycles. The van der Waals surface area contributed by atoms with Gasteiger partial charge >= 0.3 is 0 Å². The summed E-state index contributed by atoms with van der Waals surface area (Å²) in [6.45, 7) is 6.71. The van der Waals surface area contributed by atoms with Crippen molar-refractivity contribution in [1.29, 1.82) is 0 Å². The largest absolute Gasteiger partial charge is 0.381 e. The predicted molar refractivity (Wildman–Crippen MR) is 57.3 cm³/mol. The van der Waals surface area contributed by atoms with Crippen LogP contribution in [0.1, 0.15) is 37.3 Å². The lowest BCUT2D eigenvalue weighted by Gasteiger charge is -2.13. The number of fused-ring (bicyclic) bond motifs is 1. The average molecular weight is 175 g/mol. The van der Waals surface area contributed by atoms with Crippen molar-refractivity contribution in [1.82, 2.24) is 0 Å². The van der Waals surface area contributed by atoms with Gasteiger partial charge in [0.1, 0.15) is 0 Å². The van der Waals surface area contributed by atoms with Crippen LogP contribution in [0.3, 0.4) is 0 Å². The number of anilines is 1. The zero-order valence-corrected chi connectivity index (χ0v) is 8.59. The molecule has 0 aliphatic carbocycles. The summed E-state index contributed by atoms with van der Waals surface area (Å²) in [6.07, 6.45) is 1.20. The predicted octanol–water partition coefficient (Wildman–Crippen LogP) is 3.30. The number of hydrogen-bond acceptors (Lipinski definition) is 1. The Morgan fingerprint density at radius 3 is 2.85 bits per heavy atom. The van der Waals surface area contributed by atoms with E-state index in [9.17, 15) is 0 Å². The second-order valence-corrected chi connectivity index (χ2v) is 4.04. The van der Waals surface area contributed by atoms with Crippen LogP contribution in [0.4, 0.5) is 5.69 Å². The minimum atomic E-state index is 0.636. The van der Waals surface area contributed by atoms with Crippen molar-refractivity contribution < 1.29 is 0 Å². The number of benzene rings is 1. The lowest BCUT2D eigenvalue weighted by Crippen LogP contribution is -2.16. The molecule has 0 radical (unpaired) electrons. The third kappa shape index (κ3) is 1.32. The second-order valence-electron chi connectivity index (χ2n) is 4.04. The second kappa shape index (κ2) is 3.06. The van der Waals surface area contributed by atoms with Gasteiger partial charge in [-0.15, -0.1) is 0 Å². The van der Waals surface area contributed by atoms with Crippen molar-refractivity contribution >= 4 is 5.69 Å². The summed E-state index contributed by atoms with van der Waals surface area (Å²) in [5, 5.41) is 3.56. The summed E-state index contributed by atoms with van der Waals surface area (Å²) >= 11 is 0. The van der Waals surface area contributed by atoms with Gasteiger partial charge in [-0.2, -0.15) is 0 Å². The molecule has 2 atom stereocenters. The van der Waals surface area contributed by atoms with Crippen molar-refractivity contribution in [3.05, 3.63) is 29.3 Å². The quantitative estimate of drug-likeness (QED) is 0.690. The van der Waals surface area contributed by atoms with Gasteiger partial charge in [0.15, 0.2) is 0 Å². The molecule has 0 aromatic heterocycles. The molecule has 0 fully saturated rings. The third-order valence-corrected chi connectivity index (χ3v) is 3.08. The van der Waals surface area contributed by atoms with Gasteiger partial charge in [-0.3, -0.25) is 0 Å². The van der Waals surface area contributed by atoms with E-state index >= 15 is 0 Å². The average Bonchev–Trinajstić information content (AvgIpc) is 2.44. The summed E-state index contributed by atoms with van der Waals surface area (Å²) in [6, 6.07) is 7.33. The van der Waals surface area contributed by atoms with Crippen molar-refractivity contribution in [2.45, 2.75) is 39.2 Å². The zero-order chi connectivity index (χ0) is 9.42. The van der Waals surface area contributed by atoms with E-state index in [4.69, 9.17) is 0 Å². The molecule has 1 heteroatoms. The summed E-state index contributed by atoms with van der Waals surface area (Å²) in [7, 11) is 0. The fourth-order valence-electron chi connectivity index (χ4n) is 2.19. The Bertz CT molecular complexity index is 317. The topological polar surface area (TPSA) is 12.0 Å². The first kappa shape index (κ1) is 8.61. The van der Waals surface area contributed by atoms with Crippen LogP contribution in [0.15, 0.2) is 18.2 Å². The molecule has 13 heavy (non-hydrogen) atoms. The SMILES string of the molecule is CC[C@@H]1Nc2ccc(C)cc2[C@H]1C. The van der Waals surface area contributed by atoms with E-state index < -0.39 is 0 Å². The Hall–Kier alpha value is -0.980. The first-order chi connectivity index (χ1) is 6.22. The van der Waals surface area contributed by atoms with Gasteiger partial charge in [-0.05, 0) is 25.0 Å². The van der Waals surface area contributed by atoms with E-state index in [2.05, 4.69) is 44.3 Å². The van der Waals surface area contributed by atoms with Crippen LogP contribution < -0.4 is 5.32 Å². The molecule has 1 aromatic rings. The molecule has 0 amide bonds. The van der Waals surface area contributed by atoms with Gasteiger partial charge in [0.05, 0.1) is 0 Å². The maximum absolute atomic E-state index is 3.56. The van der Waals surface area contributed by atoms with Gasteiger partial charge in [-0.25, -0.2) is 0 Å². The summed E-state index contributed by atoms with van der Waals surface area (Å²) in [5.74, 6) is 0.667. The van der Waals surface area contributed by atoms with Crippen LogP contribution in [0.5, 0.6) is 0 Å². The normalized spacial score (nSPS) is 25.5. The van der Waals surface area contributed by atoms with Gasteiger partial charge in [0.2, 0.25) is 0 Å². The maximum Gasteiger partial charge on any atom is 0.0378 e. The molecule has 2 rings (SSSR count). The van der Waals surface area contributed by atoms with E-state index in [0.29, 0.717) is 12.0 Å². The van der Waals surface area contributed by atoms with Crippen molar-refractivity contribution in [3.63, 3.8) is 0 Å². The van der Waals surface area contributed by atoms with E-state index in [1.165, 1.54) is 23.2 Å². The Kier molecular flexibility index (Phi) is 2.03. The summed E-state index contributed by atoms with van der Waals surface area (Å²) < 4.78 is 0. The van der Waals surface area contributed by atoms with Crippen LogP contribution in [0.2, 0.25) is 0 Å². The molecule has 1 aliphatic heterocycles. The Balaban J connectivity index is 2.39. The molecule has 0 saturated carbocycles. The van der Waals surface area contributed by atoms with Crippen LogP contribution in [0.25, 0.3) is 0 Å². The van der Waals surface area contributed by atoms with Crippen LogP contribution >= 0.6 is 0 Å². The first-order valence-electron chi connectivity index (χ1n) is 5.09. The molecule has 1 N–H and O–H groups in total. The smallest absolute Gasteiger partial charge is 0.0378 e. The number of nitrogens with one attached hydrogen (secondary N) is 1. The van der Waals surface area contributed by atoms with Gasteiger partial charge < -0.3 is 5.32 Å². The van der Waals surface area contributed by atoms with Gasteiger partial charge in [0.25, 0.3) is 0 Å². The van der Waals surface area contributed by atoms with Gasteiger partial charge in [0, 0.05) is 17.6 Å². The van der Waals surface area contributed by atoms with E-state index in [1.807, 2.05) is 0 Å². The van der Waals surface area contributed by atoms with Gasteiger partial charge in [-0.1, -0.05) is 31.5 Å². The molecule has 0 bridgehead atoms. The highest BCUT2D eigenvalue weighted by Crippen LogP contribution is 2.37. The molecule has 0 saturated heterocycles. The van der Waals surface area contributed by atoms with Crippen LogP contribution in [-0.4, -0.2) is 6.04 Å². The number of aryl methyl sites for hydroxylation is 1. The van der Waals surface area contributed by atoms with Crippen molar-refractivity contribution in [2.24, 2.45) is 0 Å². The highest BCUT2D eigenvalue weighted by atomic mass is 15.0. The molecule has 0 unspecified atom stereocenters. The lowest BCUT2D eigenvalue weighted by molar-refractivity contribution is 0.618. The molecular weight excluding hydrogens is 158 g/mol. The fraction of sp³-hybridized carbons (Fsp3) is 0.500. The monoisotopic (exact) mass is 175 g/mol. The minimum Gasteiger partial charge on any atom is -0.381 e. The van der Waals surface area contributed by atoms with Crippen LogP contribution in [0, 0.1) is 6.92 Å². The first-order valence-corrected chi connectivity index (χ1v) is 5.09. The third-order valence-electron chi connectivity index (χ3n) is 3.08. The Morgan fingerprint density at radius 2 is 2.15 bits per heavy atom. The minimum absolute atomic E-state index is 0.636. The highest BCUT2D eigenvalue weighted by Gasteiger charge is 2.26. The molecule has 1 aromatic carbocycles. The fourth-order valence-corrected chi connectivity index (χ4v) is 2.19. The molecule has 70 valence electrons. The highest BCUT2D eigenvalue weighted by molar-refractivity contribution is 5.60. The Labute approximate surface area is 80.2 Å². The Morgan fingerprint density at radius 1 is 1.38 bits per heavy atom. The number of hydrogen-bond donors (Lipinski definition) is 1. The summed E-state index contributed by atoms with van der Waals surface area (Å²) in [4.78, 5) is 0. The molecule has 1 nitrogen and oxygen atoms in total. The van der Waals surface area contributed by atoms with Crippen LogP contribution in [-0.2, 0) is 0 Å². The molecule has 1 aliphatic rings. The number of rotatable bonds is 1. The summed E-state index contributed by atoms with van der Waals surface area (Å²) in [5.41, 5.74) is 4.20. The van der Waals surface area contributed by atoms with Crippen molar-refractivity contribution in [2.75, 3.05) is 5.32 Å². The van der Waals surface area contributed by atoms with E-state index in [-0.39, 0.29) is 0 Å². The molecular formula is C12H17N. The maximum atomic E-state index is 3.56. The van der Waals surface area contributed by atoms with Crippen molar-refractivity contribution in [3.8, 4) is 0 Å². The zero-order valence-electron chi connectivity index (χ0n) is 8.59. The van der Waals surface area contributed by atoms with E-state index in [1.54, 1.807) is 0 Å².